The van der Waals surface area contributed by atoms with E-state index in [2.05, 4.69) is 21.7 Å². The van der Waals surface area contributed by atoms with Crippen molar-refractivity contribution in [3.05, 3.63) is 59.7 Å². The molecule has 136 valence electrons. The van der Waals surface area contributed by atoms with E-state index in [1.165, 1.54) is 0 Å². The monoisotopic (exact) mass is 361 g/mol. The Morgan fingerprint density at radius 1 is 1.19 bits per heavy atom. The Morgan fingerprint density at radius 3 is 2.59 bits per heavy atom. The molecule has 2 aromatic rings. The van der Waals surface area contributed by atoms with Gasteiger partial charge in [0.25, 0.3) is 0 Å². The van der Waals surface area contributed by atoms with Crippen molar-refractivity contribution in [3.63, 3.8) is 0 Å². The summed E-state index contributed by atoms with van der Waals surface area (Å²) in [5.41, 5.74) is 0.946. The summed E-state index contributed by atoms with van der Waals surface area (Å²) in [7, 11) is 0. The maximum absolute atomic E-state index is 10.9. The highest BCUT2D eigenvalue weighted by molar-refractivity contribution is 5.94. The summed E-state index contributed by atoms with van der Waals surface area (Å²) in [5.74, 6) is 0.761. The van der Waals surface area contributed by atoms with Gasteiger partial charge in [-0.2, -0.15) is 10.5 Å². The lowest BCUT2D eigenvalue weighted by atomic mass is 9.86. The van der Waals surface area contributed by atoms with Crippen LogP contribution in [-0.4, -0.2) is 22.8 Å². The minimum atomic E-state index is -0.944. The van der Waals surface area contributed by atoms with E-state index in [1.54, 1.807) is 38.2 Å². The predicted molar refractivity (Wildman–Crippen MR) is 101 cm³/mol. The van der Waals surface area contributed by atoms with Crippen LogP contribution in [0.25, 0.3) is 0 Å². The maximum Gasteiger partial charge on any atom is 0.212 e. The fourth-order valence-corrected chi connectivity index (χ4v) is 2.98. The van der Waals surface area contributed by atoms with E-state index >= 15 is 0 Å². The number of ether oxygens (including phenoxy) is 1. The first-order valence-corrected chi connectivity index (χ1v) is 8.41. The molecule has 0 aliphatic carbocycles. The number of aliphatic hydroxyl groups excluding tert-OH is 1. The van der Waals surface area contributed by atoms with Crippen LogP contribution >= 0.6 is 0 Å². The van der Waals surface area contributed by atoms with Crippen molar-refractivity contribution in [1.82, 2.24) is 5.32 Å². The molecule has 0 saturated carbocycles. The molecule has 0 bridgehead atoms. The van der Waals surface area contributed by atoms with E-state index in [4.69, 9.17) is 10.00 Å². The van der Waals surface area contributed by atoms with Crippen LogP contribution in [0.1, 0.15) is 31.0 Å². The van der Waals surface area contributed by atoms with E-state index in [9.17, 15) is 10.4 Å². The summed E-state index contributed by atoms with van der Waals surface area (Å²) >= 11 is 0. The summed E-state index contributed by atoms with van der Waals surface area (Å²) in [6, 6.07) is 15.8. The number of fused-ring (bicyclic) bond motifs is 1. The standard InChI is InChI=1S/C20H19N5O2/c1-20(2)18(26)17(15-10-13(11-21)8-9-16(15)27-20)25-19(23-12-22)24-14-6-4-3-5-7-14/h3-10,17-18,26H,1-2H3,(H2,23,24,25)/t17-,18+/m0/s1. The van der Waals surface area contributed by atoms with Gasteiger partial charge in [0.05, 0.1) is 17.7 Å². The number of nitrogens with one attached hydrogen (secondary N) is 2. The van der Waals surface area contributed by atoms with Crippen molar-refractivity contribution in [2.75, 3.05) is 5.32 Å². The second-order valence-electron chi connectivity index (χ2n) is 6.69. The Labute approximate surface area is 157 Å². The summed E-state index contributed by atoms with van der Waals surface area (Å²) in [5, 5.41) is 35.2. The van der Waals surface area contributed by atoms with Crippen LogP contribution in [0.5, 0.6) is 5.75 Å². The van der Waals surface area contributed by atoms with Crippen LogP contribution < -0.4 is 15.4 Å². The second-order valence-corrected chi connectivity index (χ2v) is 6.69. The largest absolute Gasteiger partial charge is 0.485 e. The quantitative estimate of drug-likeness (QED) is 0.430. The summed E-state index contributed by atoms with van der Waals surface area (Å²) < 4.78 is 5.90. The molecule has 3 rings (SSSR count). The Bertz CT molecular complexity index is 941. The number of hydrogen-bond donors (Lipinski definition) is 3. The second kappa shape index (κ2) is 7.36. The topological polar surface area (TPSA) is 113 Å². The normalized spacial score (nSPS) is 20.4. The van der Waals surface area contributed by atoms with Gasteiger partial charge >= 0.3 is 0 Å². The number of nitriles is 2. The van der Waals surface area contributed by atoms with Gasteiger partial charge in [-0.15, -0.1) is 4.99 Å². The Balaban J connectivity index is 1.97. The van der Waals surface area contributed by atoms with Crippen molar-refractivity contribution in [2.45, 2.75) is 31.6 Å². The highest BCUT2D eigenvalue weighted by Gasteiger charge is 2.43. The fraction of sp³-hybridized carbons (Fsp3) is 0.250. The van der Waals surface area contributed by atoms with Gasteiger partial charge in [-0.05, 0) is 44.2 Å². The molecule has 1 aliphatic rings. The molecular weight excluding hydrogens is 342 g/mol. The molecule has 27 heavy (non-hydrogen) atoms. The Hall–Kier alpha value is -3.55. The van der Waals surface area contributed by atoms with Gasteiger partial charge in [-0.3, -0.25) is 0 Å². The summed E-state index contributed by atoms with van der Waals surface area (Å²) in [4.78, 5) is 3.79. The minimum Gasteiger partial charge on any atom is -0.485 e. The van der Waals surface area contributed by atoms with Crippen LogP contribution in [0.4, 0.5) is 5.69 Å². The number of nitrogens with zero attached hydrogens (tertiary/aromatic N) is 3. The van der Waals surface area contributed by atoms with Crippen molar-refractivity contribution >= 4 is 11.6 Å². The number of aliphatic hydroxyl groups is 1. The molecule has 0 unspecified atom stereocenters. The van der Waals surface area contributed by atoms with Crippen LogP contribution in [0.2, 0.25) is 0 Å². The van der Waals surface area contributed by atoms with Crippen molar-refractivity contribution in [1.29, 1.82) is 10.5 Å². The lowest BCUT2D eigenvalue weighted by Gasteiger charge is -2.42. The molecule has 3 N–H and O–H groups in total. The molecule has 0 fully saturated rings. The molecule has 2 atom stereocenters. The van der Waals surface area contributed by atoms with Gasteiger partial charge in [-0.1, -0.05) is 18.2 Å². The van der Waals surface area contributed by atoms with Gasteiger partial charge in [0.15, 0.2) is 0 Å². The highest BCUT2D eigenvalue weighted by Crippen LogP contribution is 2.40. The molecule has 7 nitrogen and oxygen atoms in total. The van der Waals surface area contributed by atoms with Crippen molar-refractivity contribution in [2.24, 2.45) is 4.99 Å². The zero-order valence-electron chi connectivity index (χ0n) is 15.0. The van der Waals surface area contributed by atoms with Gasteiger partial charge in [0, 0.05) is 11.3 Å². The lowest BCUT2D eigenvalue weighted by molar-refractivity contribution is -0.0610. The smallest absolute Gasteiger partial charge is 0.212 e. The number of guanidine groups is 1. The van der Waals surface area contributed by atoms with E-state index in [-0.39, 0.29) is 5.96 Å². The van der Waals surface area contributed by atoms with Gasteiger partial charge < -0.3 is 20.5 Å². The molecule has 1 heterocycles. The molecule has 7 heteroatoms. The van der Waals surface area contributed by atoms with E-state index in [0.29, 0.717) is 16.9 Å². The average Bonchev–Trinajstić information content (AvgIpc) is 2.66. The minimum absolute atomic E-state index is 0.193. The SMILES string of the molecule is CC1(C)Oc2ccc(C#N)cc2[C@H](NC(=NC#N)Nc2ccccc2)[C@H]1O. The molecule has 0 spiro atoms. The predicted octanol–water partition coefficient (Wildman–Crippen LogP) is 2.67. The number of para-hydroxylation sites is 1. The molecule has 2 aromatic carbocycles. The Morgan fingerprint density at radius 2 is 1.93 bits per heavy atom. The van der Waals surface area contributed by atoms with Crippen molar-refractivity contribution < 1.29 is 9.84 Å². The van der Waals surface area contributed by atoms with Gasteiger partial charge in [-0.25, -0.2) is 0 Å². The van der Waals surface area contributed by atoms with Crippen LogP contribution in [0.3, 0.4) is 0 Å². The number of rotatable bonds is 2. The lowest BCUT2D eigenvalue weighted by Crippen LogP contribution is -2.54. The average molecular weight is 361 g/mol. The number of aliphatic imine (C=N–C) groups is 1. The third-order valence-corrected chi connectivity index (χ3v) is 4.37. The first-order chi connectivity index (χ1) is 12.9. The fourth-order valence-electron chi connectivity index (χ4n) is 2.98. The van der Waals surface area contributed by atoms with Crippen molar-refractivity contribution in [3.8, 4) is 18.0 Å². The highest BCUT2D eigenvalue weighted by atomic mass is 16.5. The van der Waals surface area contributed by atoms with E-state index in [1.807, 2.05) is 30.3 Å². The number of anilines is 1. The first kappa shape index (κ1) is 18.2. The van der Waals surface area contributed by atoms with E-state index in [0.717, 1.165) is 5.69 Å². The van der Waals surface area contributed by atoms with Crippen LogP contribution in [0, 0.1) is 22.8 Å². The molecule has 0 saturated heterocycles. The van der Waals surface area contributed by atoms with Gasteiger partial charge in [0.2, 0.25) is 12.2 Å². The van der Waals surface area contributed by atoms with Gasteiger partial charge in [0.1, 0.15) is 17.5 Å². The third-order valence-electron chi connectivity index (χ3n) is 4.37. The Kier molecular flexibility index (Phi) is 4.98. The number of hydrogen-bond acceptors (Lipinski definition) is 5. The summed E-state index contributed by atoms with van der Waals surface area (Å²) in [6.45, 7) is 3.55. The van der Waals surface area contributed by atoms with Crippen LogP contribution in [-0.2, 0) is 0 Å². The zero-order chi connectivity index (χ0) is 19.4. The maximum atomic E-state index is 10.9. The van der Waals surface area contributed by atoms with E-state index < -0.39 is 17.7 Å². The zero-order valence-corrected chi connectivity index (χ0v) is 15.0. The number of benzene rings is 2. The van der Waals surface area contributed by atoms with Crippen LogP contribution in [0.15, 0.2) is 53.5 Å². The summed E-state index contributed by atoms with van der Waals surface area (Å²) in [6.07, 6.45) is 0.813. The third kappa shape index (κ3) is 3.84. The molecular formula is C20H19N5O2. The molecule has 0 aromatic heterocycles. The molecule has 1 aliphatic heterocycles. The molecule has 0 radical (unpaired) electrons. The molecule has 0 amide bonds. The first-order valence-electron chi connectivity index (χ1n) is 8.41.